The van der Waals surface area contributed by atoms with Crippen molar-refractivity contribution in [1.82, 2.24) is 9.55 Å². The molecular weight excluding hydrogens is 470 g/mol. The fourth-order valence-electron chi connectivity index (χ4n) is 3.21. The summed E-state index contributed by atoms with van der Waals surface area (Å²) in [5, 5.41) is 29.9. The molecule has 0 spiro atoms. The number of nitrogens with zero attached hydrogens (tertiary/aromatic N) is 1. The minimum atomic E-state index is -4.89. The molecule has 1 fully saturated rings. The summed E-state index contributed by atoms with van der Waals surface area (Å²) in [6, 6.07) is 4.58. The molecule has 2 aliphatic heterocycles. The van der Waals surface area contributed by atoms with E-state index >= 15 is 4.39 Å². The van der Waals surface area contributed by atoms with Crippen molar-refractivity contribution in [2.24, 2.45) is 0 Å². The molecule has 1 aromatic heterocycles. The smallest absolute Gasteiger partial charge is 0.493 e. The molecular formula is C18H20FN2O11P. The predicted molar refractivity (Wildman–Crippen MR) is 105 cm³/mol. The van der Waals surface area contributed by atoms with Gasteiger partial charge in [0.15, 0.2) is 17.7 Å². The van der Waals surface area contributed by atoms with Gasteiger partial charge in [-0.25, -0.2) is 13.8 Å². The minimum absolute atomic E-state index is 0.101. The number of ether oxygens (including phenoxy) is 2. The number of aromatic amines is 1. The van der Waals surface area contributed by atoms with Gasteiger partial charge < -0.3 is 29.3 Å². The number of nitrogens with one attached hydrogen (secondary N) is 1. The SMILES string of the molecule is [2H]C([2H])(OP1(=O)OCc2cccc(OC)c2O1)[C@@]1(F)O[C@@H](n2cc(CO)c(=O)[nH]c2=O)[C@H](O)[C@@H]1O. The van der Waals surface area contributed by atoms with Gasteiger partial charge in [0.2, 0.25) is 0 Å². The molecule has 0 bridgehead atoms. The van der Waals surface area contributed by atoms with Crippen molar-refractivity contribution in [3.63, 3.8) is 0 Å². The standard InChI is InChI=1S/C18H20FN2O11P/c1-28-11-4-2-3-9-7-29-33(27,32-13(9)11)30-8-18(19)14(24)12(23)16(31-18)21-5-10(6-22)15(25)20-17(21)26/h2-5,12,14,16,22-24H,6-8H2,1H3,(H,20,25,26)/t12-,14+,16-,18-,33?/m1/s1/i8D2. The van der Waals surface area contributed by atoms with Crippen molar-refractivity contribution < 1.29 is 50.1 Å². The summed E-state index contributed by atoms with van der Waals surface area (Å²) >= 11 is 0. The van der Waals surface area contributed by atoms with E-state index in [1.165, 1.54) is 13.2 Å². The van der Waals surface area contributed by atoms with E-state index in [4.69, 9.17) is 25.8 Å². The number of alkyl halides is 1. The first-order valence-electron chi connectivity index (χ1n) is 10.3. The highest BCUT2D eigenvalue weighted by molar-refractivity contribution is 7.49. The van der Waals surface area contributed by atoms with Crippen LogP contribution in [-0.4, -0.2) is 56.6 Å². The number of hydrogen-bond donors (Lipinski definition) is 4. The Bertz CT molecular complexity index is 1290. The Balaban J connectivity index is 1.64. The molecule has 15 heteroatoms. The lowest BCUT2D eigenvalue weighted by molar-refractivity contribution is -0.205. The molecule has 3 heterocycles. The Morgan fingerprint density at radius 2 is 2.18 bits per heavy atom. The van der Waals surface area contributed by atoms with Gasteiger partial charge in [-0.15, -0.1) is 0 Å². The molecule has 180 valence electrons. The first-order valence-corrected chi connectivity index (χ1v) is 10.8. The lowest BCUT2D eigenvalue weighted by atomic mass is 10.1. The largest absolute Gasteiger partial charge is 0.530 e. The number of benzene rings is 1. The van der Waals surface area contributed by atoms with E-state index in [1.807, 2.05) is 0 Å². The Morgan fingerprint density at radius 1 is 1.42 bits per heavy atom. The number of aliphatic hydroxyl groups is 3. The second kappa shape index (κ2) is 8.65. The zero-order valence-electron chi connectivity index (χ0n) is 18.8. The van der Waals surface area contributed by atoms with Crippen LogP contribution in [0.3, 0.4) is 0 Å². The number of halogens is 1. The monoisotopic (exact) mass is 492 g/mol. The molecule has 1 saturated heterocycles. The second-order valence-electron chi connectivity index (χ2n) is 7.02. The number of phosphoric acid groups is 1. The molecule has 4 N–H and O–H groups in total. The maximum absolute atomic E-state index is 15.8. The summed E-state index contributed by atoms with van der Waals surface area (Å²) in [5.41, 5.74) is -2.18. The van der Waals surface area contributed by atoms with Crippen LogP contribution in [0, 0.1) is 0 Å². The lowest BCUT2D eigenvalue weighted by Gasteiger charge is -2.28. The molecule has 33 heavy (non-hydrogen) atoms. The van der Waals surface area contributed by atoms with Gasteiger partial charge in [-0.05, 0) is 6.07 Å². The highest BCUT2D eigenvalue weighted by atomic mass is 31.2. The molecule has 0 saturated carbocycles. The average molecular weight is 492 g/mol. The molecule has 13 nitrogen and oxygen atoms in total. The van der Waals surface area contributed by atoms with Gasteiger partial charge in [-0.3, -0.25) is 23.4 Å². The number of H-pyrrole nitrogens is 1. The molecule has 5 atom stereocenters. The van der Waals surface area contributed by atoms with Gasteiger partial charge in [0.05, 0.1) is 28.6 Å². The summed E-state index contributed by atoms with van der Waals surface area (Å²) in [5.74, 6) is -3.91. The van der Waals surface area contributed by atoms with Crippen molar-refractivity contribution in [3.8, 4) is 11.5 Å². The van der Waals surface area contributed by atoms with Gasteiger partial charge in [-0.1, -0.05) is 12.1 Å². The van der Waals surface area contributed by atoms with Crippen molar-refractivity contribution in [2.45, 2.75) is 37.5 Å². The predicted octanol–water partition coefficient (Wildman–Crippen LogP) is -0.312. The van der Waals surface area contributed by atoms with Crippen LogP contribution in [0.15, 0.2) is 34.0 Å². The number of aromatic nitrogens is 2. The fraction of sp³-hybridized carbons (Fsp3) is 0.444. The second-order valence-corrected chi connectivity index (χ2v) is 8.54. The van der Waals surface area contributed by atoms with Crippen molar-refractivity contribution in [3.05, 3.63) is 56.4 Å². The topological polar surface area (TPSA) is 179 Å². The number of para-hydroxylation sites is 1. The van der Waals surface area contributed by atoms with E-state index in [-0.39, 0.29) is 23.7 Å². The summed E-state index contributed by atoms with van der Waals surface area (Å²) < 4.78 is 70.2. The van der Waals surface area contributed by atoms with Crippen LogP contribution in [0.2, 0.25) is 0 Å². The van der Waals surface area contributed by atoms with Crippen LogP contribution in [0.25, 0.3) is 0 Å². The van der Waals surface area contributed by atoms with E-state index in [0.717, 1.165) is 6.20 Å². The van der Waals surface area contributed by atoms with E-state index < -0.39 is 56.5 Å². The van der Waals surface area contributed by atoms with Crippen molar-refractivity contribution in [1.29, 1.82) is 0 Å². The maximum atomic E-state index is 15.8. The third-order valence-electron chi connectivity index (χ3n) is 4.93. The number of aliphatic hydroxyl groups excluding tert-OH is 3. The number of hydrogen-bond acceptors (Lipinski definition) is 11. The Morgan fingerprint density at radius 3 is 2.88 bits per heavy atom. The van der Waals surface area contributed by atoms with Gasteiger partial charge >= 0.3 is 13.5 Å². The number of rotatable bonds is 6. The molecule has 0 radical (unpaired) electrons. The van der Waals surface area contributed by atoms with E-state index in [1.54, 1.807) is 17.1 Å². The zero-order valence-corrected chi connectivity index (χ0v) is 17.7. The zero-order chi connectivity index (χ0) is 25.8. The Hall–Kier alpha value is -2.58. The van der Waals surface area contributed by atoms with Gasteiger partial charge in [0.1, 0.15) is 18.8 Å². The first-order chi connectivity index (χ1) is 16.4. The lowest BCUT2D eigenvalue weighted by Crippen LogP contribution is -2.43. The van der Waals surface area contributed by atoms with Crippen LogP contribution in [0.1, 0.15) is 20.1 Å². The molecule has 2 aromatic rings. The van der Waals surface area contributed by atoms with E-state index in [9.17, 15) is 29.5 Å². The van der Waals surface area contributed by atoms with Crippen LogP contribution in [0.4, 0.5) is 4.39 Å². The molecule has 4 rings (SSSR count). The molecule has 1 aromatic carbocycles. The first kappa shape index (κ1) is 21.0. The maximum Gasteiger partial charge on any atom is 0.530 e. The van der Waals surface area contributed by atoms with Gasteiger partial charge in [0.25, 0.3) is 11.4 Å². The highest BCUT2D eigenvalue weighted by Crippen LogP contribution is 2.57. The van der Waals surface area contributed by atoms with Crippen LogP contribution in [-0.2, 0) is 31.6 Å². The van der Waals surface area contributed by atoms with Crippen LogP contribution < -0.4 is 20.5 Å². The molecule has 2 aliphatic rings. The Kier molecular flexibility index (Phi) is 5.50. The third kappa shape index (κ3) is 4.22. The summed E-state index contributed by atoms with van der Waals surface area (Å²) in [4.78, 5) is 25.6. The number of phosphoric ester groups is 1. The van der Waals surface area contributed by atoms with E-state index in [0.29, 0.717) is 10.1 Å². The average Bonchev–Trinajstić information content (AvgIpc) is 3.03. The highest BCUT2D eigenvalue weighted by Gasteiger charge is 2.57. The van der Waals surface area contributed by atoms with Crippen LogP contribution >= 0.6 is 7.82 Å². The third-order valence-corrected chi connectivity index (χ3v) is 6.10. The number of fused-ring (bicyclic) bond motifs is 1. The molecule has 1 unspecified atom stereocenters. The van der Waals surface area contributed by atoms with E-state index in [2.05, 4.69) is 0 Å². The summed E-state index contributed by atoms with van der Waals surface area (Å²) in [6.07, 6.45) is -6.30. The Labute approximate surface area is 187 Å². The summed E-state index contributed by atoms with van der Waals surface area (Å²) in [6.45, 7) is -5.01. The number of methoxy groups -OCH3 is 1. The van der Waals surface area contributed by atoms with Gasteiger partial charge in [0, 0.05) is 11.8 Å². The van der Waals surface area contributed by atoms with Crippen LogP contribution in [0.5, 0.6) is 11.5 Å². The fourth-order valence-corrected chi connectivity index (χ4v) is 4.32. The summed E-state index contributed by atoms with van der Waals surface area (Å²) in [7, 11) is -3.59. The quantitative estimate of drug-likeness (QED) is 0.389. The molecule has 0 amide bonds. The van der Waals surface area contributed by atoms with Crippen molar-refractivity contribution >= 4 is 7.82 Å². The van der Waals surface area contributed by atoms with Crippen molar-refractivity contribution in [2.75, 3.05) is 13.7 Å². The normalized spacial score (nSPS) is 32.5. The van der Waals surface area contributed by atoms with Gasteiger partial charge in [-0.2, -0.15) is 0 Å². The minimum Gasteiger partial charge on any atom is -0.493 e. The molecule has 0 aliphatic carbocycles.